The van der Waals surface area contributed by atoms with Crippen LogP contribution in [-0.4, -0.2) is 18.1 Å². The molecule has 0 saturated heterocycles. The van der Waals surface area contributed by atoms with Gasteiger partial charge in [0.25, 0.3) is 0 Å². The number of hydrogen-bond acceptors (Lipinski definition) is 4. The first-order chi connectivity index (χ1) is 8.85. The third-order valence-corrected chi connectivity index (χ3v) is 3.34. The second-order valence-electron chi connectivity index (χ2n) is 4.73. The lowest BCUT2D eigenvalue weighted by Crippen LogP contribution is -2.12. The Morgan fingerprint density at radius 3 is 2.94 bits per heavy atom. The topological polar surface area (TPSA) is 74.7 Å². The molecule has 1 aromatic rings. The van der Waals surface area contributed by atoms with E-state index in [1.54, 1.807) is 0 Å². The van der Waals surface area contributed by atoms with Crippen LogP contribution in [0.1, 0.15) is 42.5 Å². The number of pyridine rings is 1. The number of nitrogens with one attached hydrogen (secondary N) is 1. The van der Waals surface area contributed by atoms with Gasteiger partial charge in [0.15, 0.2) is 0 Å². The van der Waals surface area contributed by atoms with Crippen LogP contribution >= 0.6 is 0 Å². The van der Waals surface area contributed by atoms with Gasteiger partial charge >= 0.3 is 0 Å². The smallest absolute Gasteiger partial charge is 0.144 e. The van der Waals surface area contributed by atoms with Crippen LogP contribution in [0.15, 0.2) is 6.07 Å². The van der Waals surface area contributed by atoms with Gasteiger partial charge in [-0.3, -0.25) is 0 Å². The lowest BCUT2D eigenvalue weighted by molar-refractivity contribution is 0.667. The Hall–Kier alpha value is -1.60. The van der Waals surface area contributed by atoms with Crippen LogP contribution in [0.4, 0.5) is 5.82 Å². The Balaban J connectivity index is 2.11. The predicted octanol–water partition coefficient (Wildman–Crippen LogP) is 1.98. The summed E-state index contributed by atoms with van der Waals surface area (Å²) in [6.07, 6.45) is 6.53. The third kappa shape index (κ3) is 2.99. The van der Waals surface area contributed by atoms with Crippen LogP contribution in [-0.2, 0) is 12.8 Å². The van der Waals surface area contributed by atoms with E-state index in [0.717, 1.165) is 38.0 Å². The number of fused-ring (bicyclic) bond motifs is 1. The third-order valence-electron chi connectivity index (χ3n) is 3.34. The zero-order valence-corrected chi connectivity index (χ0v) is 10.7. The molecule has 0 saturated carbocycles. The number of nitriles is 1. The lowest BCUT2D eigenvalue weighted by atomic mass is 9.95. The van der Waals surface area contributed by atoms with E-state index in [9.17, 15) is 5.26 Å². The molecule has 0 radical (unpaired) electrons. The van der Waals surface area contributed by atoms with E-state index < -0.39 is 0 Å². The molecule has 0 aliphatic heterocycles. The maximum absolute atomic E-state index is 9.17. The van der Waals surface area contributed by atoms with Gasteiger partial charge in [-0.25, -0.2) is 4.98 Å². The SMILES string of the molecule is N#Cc1cc2c(nc1NCCCCN)CCCC2. The average Bonchev–Trinajstić information content (AvgIpc) is 2.42. The summed E-state index contributed by atoms with van der Waals surface area (Å²) in [5.41, 5.74) is 8.55. The molecule has 1 aliphatic rings. The van der Waals surface area contributed by atoms with Crippen LogP contribution in [0.3, 0.4) is 0 Å². The fraction of sp³-hybridized carbons (Fsp3) is 0.571. The van der Waals surface area contributed by atoms with Gasteiger partial charge in [0.05, 0.1) is 5.56 Å². The first kappa shape index (κ1) is 12.8. The van der Waals surface area contributed by atoms with Crippen molar-refractivity contribution in [3.05, 3.63) is 22.9 Å². The zero-order valence-electron chi connectivity index (χ0n) is 10.7. The number of nitrogens with two attached hydrogens (primary N) is 1. The number of hydrogen-bond donors (Lipinski definition) is 2. The van der Waals surface area contributed by atoms with Gasteiger partial charge in [-0.15, -0.1) is 0 Å². The molecule has 1 aliphatic carbocycles. The predicted molar refractivity (Wildman–Crippen MR) is 72.4 cm³/mol. The fourth-order valence-corrected chi connectivity index (χ4v) is 2.33. The Labute approximate surface area is 108 Å². The lowest BCUT2D eigenvalue weighted by Gasteiger charge is -2.17. The number of anilines is 1. The number of aromatic nitrogens is 1. The van der Waals surface area contributed by atoms with Crippen molar-refractivity contribution >= 4 is 5.82 Å². The van der Waals surface area contributed by atoms with Crippen molar-refractivity contribution < 1.29 is 0 Å². The molecule has 0 aromatic carbocycles. The van der Waals surface area contributed by atoms with Crippen molar-refractivity contribution in [2.75, 3.05) is 18.4 Å². The molecule has 96 valence electrons. The summed E-state index contributed by atoms with van der Waals surface area (Å²) < 4.78 is 0. The maximum Gasteiger partial charge on any atom is 0.144 e. The Bertz CT molecular complexity index is 448. The summed E-state index contributed by atoms with van der Waals surface area (Å²) >= 11 is 0. The quantitative estimate of drug-likeness (QED) is 0.777. The molecule has 0 spiro atoms. The average molecular weight is 244 g/mol. The van der Waals surface area contributed by atoms with Crippen molar-refractivity contribution in [1.82, 2.24) is 4.98 Å². The van der Waals surface area contributed by atoms with E-state index in [0.29, 0.717) is 12.1 Å². The van der Waals surface area contributed by atoms with Gasteiger partial charge in [-0.1, -0.05) is 0 Å². The molecule has 0 unspecified atom stereocenters. The minimum absolute atomic E-state index is 0.670. The molecule has 0 fully saturated rings. The molecule has 3 N–H and O–H groups in total. The first-order valence-electron chi connectivity index (χ1n) is 6.72. The van der Waals surface area contributed by atoms with E-state index in [4.69, 9.17) is 5.73 Å². The van der Waals surface area contributed by atoms with Crippen LogP contribution in [0.2, 0.25) is 0 Å². The Kier molecular flexibility index (Phi) is 4.54. The summed E-state index contributed by atoms with van der Waals surface area (Å²) in [6, 6.07) is 4.24. The Morgan fingerprint density at radius 2 is 2.17 bits per heavy atom. The van der Waals surface area contributed by atoms with Crippen molar-refractivity contribution in [2.24, 2.45) is 5.73 Å². The van der Waals surface area contributed by atoms with E-state index in [-0.39, 0.29) is 0 Å². The highest BCUT2D eigenvalue weighted by molar-refractivity contribution is 5.54. The second-order valence-corrected chi connectivity index (χ2v) is 4.73. The number of unbranched alkanes of at least 4 members (excludes halogenated alkanes) is 1. The van der Waals surface area contributed by atoms with Crippen molar-refractivity contribution in [1.29, 1.82) is 5.26 Å². The summed E-state index contributed by atoms with van der Waals surface area (Å²) in [4.78, 5) is 4.62. The highest BCUT2D eigenvalue weighted by Crippen LogP contribution is 2.24. The zero-order chi connectivity index (χ0) is 12.8. The molecular weight excluding hydrogens is 224 g/mol. The van der Waals surface area contributed by atoms with Crippen molar-refractivity contribution in [2.45, 2.75) is 38.5 Å². The molecule has 18 heavy (non-hydrogen) atoms. The number of nitrogens with zero attached hydrogens (tertiary/aromatic N) is 2. The number of aryl methyl sites for hydroxylation is 2. The summed E-state index contributed by atoms with van der Waals surface area (Å²) in [7, 11) is 0. The summed E-state index contributed by atoms with van der Waals surface area (Å²) in [5.74, 6) is 0.746. The highest BCUT2D eigenvalue weighted by atomic mass is 15.0. The van der Waals surface area contributed by atoms with Crippen LogP contribution in [0, 0.1) is 11.3 Å². The van der Waals surface area contributed by atoms with E-state index in [2.05, 4.69) is 16.4 Å². The normalized spacial score (nSPS) is 13.8. The molecular formula is C14H20N4. The molecule has 2 rings (SSSR count). The molecule has 1 heterocycles. The minimum Gasteiger partial charge on any atom is -0.369 e. The minimum atomic E-state index is 0.670. The summed E-state index contributed by atoms with van der Waals surface area (Å²) in [5, 5.41) is 12.4. The van der Waals surface area contributed by atoms with Crippen LogP contribution in [0.5, 0.6) is 0 Å². The van der Waals surface area contributed by atoms with Crippen molar-refractivity contribution in [3.63, 3.8) is 0 Å². The number of rotatable bonds is 5. The largest absolute Gasteiger partial charge is 0.369 e. The van der Waals surface area contributed by atoms with Gasteiger partial charge in [-0.05, 0) is 56.7 Å². The fourth-order valence-electron chi connectivity index (χ4n) is 2.33. The van der Waals surface area contributed by atoms with Gasteiger partial charge in [0, 0.05) is 12.2 Å². The van der Waals surface area contributed by atoms with Gasteiger partial charge < -0.3 is 11.1 Å². The van der Waals surface area contributed by atoms with Gasteiger partial charge in [0.2, 0.25) is 0 Å². The van der Waals surface area contributed by atoms with E-state index >= 15 is 0 Å². The maximum atomic E-state index is 9.17. The second kappa shape index (κ2) is 6.36. The van der Waals surface area contributed by atoms with Gasteiger partial charge in [-0.2, -0.15) is 5.26 Å². The van der Waals surface area contributed by atoms with Crippen molar-refractivity contribution in [3.8, 4) is 6.07 Å². The molecule has 0 atom stereocenters. The molecule has 0 bridgehead atoms. The molecule has 4 nitrogen and oxygen atoms in total. The molecule has 0 amide bonds. The van der Waals surface area contributed by atoms with E-state index in [1.165, 1.54) is 24.1 Å². The standard InChI is InChI=1S/C14H20N4/c15-7-3-4-8-17-14-12(10-16)9-11-5-1-2-6-13(11)18-14/h9H,1-8,15H2,(H,17,18). The molecule has 1 aromatic heterocycles. The Morgan fingerprint density at radius 1 is 1.33 bits per heavy atom. The van der Waals surface area contributed by atoms with Crippen LogP contribution in [0.25, 0.3) is 0 Å². The van der Waals surface area contributed by atoms with Crippen LogP contribution < -0.4 is 11.1 Å². The highest BCUT2D eigenvalue weighted by Gasteiger charge is 2.14. The molecule has 4 heteroatoms. The first-order valence-corrected chi connectivity index (χ1v) is 6.72. The van der Waals surface area contributed by atoms with E-state index in [1.807, 2.05) is 6.07 Å². The summed E-state index contributed by atoms with van der Waals surface area (Å²) in [6.45, 7) is 1.54. The van der Waals surface area contributed by atoms with Gasteiger partial charge in [0.1, 0.15) is 11.9 Å². The monoisotopic (exact) mass is 244 g/mol.